The number of rotatable bonds is 7. The van der Waals surface area contributed by atoms with Crippen LogP contribution in [0.3, 0.4) is 0 Å². The van der Waals surface area contributed by atoms with E-state index in [9.17, 15) is 4.79 Å². The van der Waals surface area contributed by atoms with Gasteiger partial charge in [-0.1, -0.05) is 23.7 Å². The first-order valence-electron chi connectivity index (χ1n) is 5.52. The summed E-state index contributed by atoms with van der Waals surface area (Å²) in [5.41, 5.74) is 0. The van der Waals surface area contributed by atoms with E-state index in [4.69, 9.17) is 11.6 Å². The van der Waals surface area contributed by atoms with Crippen molar-refractivity contribution in [1.29, 1.82) is 0 Å². The normalized spacial score (nSPS) is 9.67. The van der Waals surface area contributed by atoms with Crippen molar-refractivity contribution in [2.45, 2.75) is 11.3 Å². The zero-order valence-corrected chi connectivity index (χ0v) is 12.6. The Morgan fingerprint density at radius 1 is 1.33 bits per heavy atom. The lowest BCUT2D eigenvalue weighted by Crippen LogP contribution is -2.30. The van der Waals surface area contributed by atoms with Gasteiger partial charge in [0.25, 0.3) is 0 Å². The Balaban J connectivity index is 0.00000289. The van der Waals surface area contributed by atoms with E-state index in [2.05, 4.69) is 10.6 Å². The van der Waals surface area contributed by atoms with E-state index in [0.29, 0.717) is 13.0 Å². The summed E-state index contributed by atoms with van der Waals surface area (Å²) in [5, 5.41) is 6.56. The van der Waals surface area contributed by atoms with Gasteiger partial charge in [-0.3, -0.25) is 4.79 Å². The van der Waals surface area contributed by atoms with Crippen LogP contribution in [0.1, 0.15) is 6.42 Å². The van der Waals surface area contributed by atoms with Crippen molar-refractivity contribution in [3.63, 3.8) is 0 Å². The molecular formula is C12H18Cl2N2OS. The van der Waals surface area contributed by atoms with Gasteiger partial charge >= 0.3 is 0 Å². The molecule has 0 aliphatic heterocycles. The van der Waals surface area contributed by atoms with Crippen LogP contribution in [-0.2, 0) is 4.79 Å². The fraction of sp³-hybridized carbons (Fsp3) is 0.417. The highest BCUT2D eigenvalue weighted by Crippen LogP contribution is 2.26. The minimum atomic E-state index is 0. The van der Waals surface area contributed by atoms with Gasteiger partial charge in [0.2, 0.25) is 5.91 Å². The van der Waals surface area contributed by atoms with Gasteiger partial charge in [-0.15, -0.1) is 24.2 Å². The Bertz CT molecular complexity index is 364. The second-order valence-corrected chi connectivity index (χ2v) is 5.03. The summed E-state index contributed by atoms with van der Waals surface area (Å²) in [7, 11) is 1.86. The van der Waals surface area contributed by atoms with Crippen molar-refractivity contribution >= 4 is 41.7 Å². The average molecular weight is 309 g/mol. The van der Waals surface area contributed by atoms with E-state index in [1.54, 1.807) is 11.8 Å². The van der Waals surface area contributed by atoms with E-state index in [1.165, 1.54) is 0 Å². The molecule has 0 aromatic heterocycles. The molecule has 1 aromatic rings. The maximum Gasteiger partial charge on any atom is 0.220 e. The van der Waals surface area contributed by atoms with Crippen LogP contribution in [0.4, 0.5) is 0 Å². The predicted molar refractivity (Wildman–Crippen MR) is 81.0 cm³/mol. The van der Waals surface area contributed by atoms with Crippen molar-refractivity contribution in [3.8, 4) is 0 Å². The van der Waals surface area contributed by atoms with Gasteiger partial charge in [0, 0.05) is 30.2 Å². The molecule has 1 rings (SSSR count). The molecular weight excluding hydrogens is 291 g/mol. The van der Waals surface area contributed by atoms with Crippen LogP contribution >= 0.6 is 35.8 Å². The molecule has 0 atom stereocenters. The maximum absolute atomic E-state index is 11.4. The van der Waals surface area contributed by atoms with Crippen LogP contribution in [0.2, 0.25) is 5.02 Å². The third-order valence-corrected chi connectivity index (χ3v) is 3.64. The molecule has 0 radical (unpaired) electrons. The van der Waals surface area contributed by atoms with Gasteiger partial charge in [-0.2, -0.15) is 0 Å². The van der Waals surface area contributed by atoms with Crippen molar-refractivity contribution < 1.29 is 4.79 Å². The number of halogens is 2. The standard InChI is InChI=1S/C12H17ClN2OS.ClH/c1-14-7-8-15-12(16)6-9-17-11-5-3-2-4-10(11)13;/h2-5,14H,6-9H2,1H3,(H,15,16);1H. The Labute approximate surface area is 123 Å². The van der Waals surface area contributed by atoms with Gasteiger partial charge in [0.15, 0.2) is 0 Å². The summed E-state index contributed by atoms with van der Waals surface area (Å²) in [5.74, 6) is 0.828. The second-order valence-electron chi connectivity index (χ2n) is 3.48. The maximum atomic E-state index is 11.4. The van der Waals surface area contributed by atoms with Crippen LogP contribution in [0.5, 0.6) is 0 Å². The summed E-state index contributed by atoms with van der Waals surface area (Å²) >= 11 is 7.62. The number of thioether (sulfide) groups is 1. The summed E-state index contributed by atoms with van der Waals surface area (Å²) in [4.78, 5) is 12.4. The first-order chi connectivity index (χ1) is 8.24. The lowest BCUT2D eigenvalue weighted by Gasteiger charge is -2.05. The zero-order chi connectivity index (χ0) is 12.5. The number of benzene rings is 1. The van der Waals surface area contributed by atoms with Crippen LogP contribution in [0.15, 0.2) is 29.2 Å². The molecule has 18 heavy (non-hydrogen) atoms. The number of hydrogen-bond donors (Lipinski definition) is 2. The molecule has 1 aromatic carbocycles. The fourth-order valence-electron chi connectivity index (χ4n) is 1.23. The van der Waals surface area contributed by atoms with E-state index in [1.807, 2.05) is 31.3 Å². The zero-order valence-electron chi connectivity index (χ0n) is 10.2. The highest BCUT2D eigenvalue weighted by atomic mass is 35.5. The largest absolute Gasteiger partial charge is 0.355 e. The summed E-state index contributed by atoms with van der Waals surface area (Å²) in [6.45, 7) is 1.47. The van der Waals surface area contributed by atoms with Crippen molar-refractivity contribution in [2.75, 3.05) is 25.9 Å². The minimum absolute atomic E-state index is 0. The summed E-state index contributed by atoms with van der Waals surface area (Å²) in [6, 6.07) is 7.67. The molecule has 0 saturated carbocycles. The van der Waals surface area contributed by atoms with E-state index < -0.39 is 0 Å². The number of carbonyl (C=O) groups excluding carboxylic acids is 1. The summed E-state index contributed by atoms with van der Waals surface area (Å²) in [6.07, 6.45) is 0.513. The quantitative estimate of drug-likeness (QED) is 0.601. The smallest absolute Gasteiger partial charge is 0.220 e. The van der Waals surface area contributed by atoms with Crippen molar-refractivity contribution in [1.82, 2.24) is 10.6 Å². The van der Waals surface area contributed by atoms with E-state index in [-0.39, 0.29) is 18.3 Å². The Kier molecular flexibility index (Phi) is 10.3. The summed E-state index contributed by atoms with van der Waals surface area (Å²) < 4.78 is 0. The first-order valence-corrected chi connectivity index (χ1v) is 6.89. The fourth-order valence-corrected chi connectivity index (χ4v) is 2.42. The molecule has 1 amide bonds. The Morgan fingerprint density at radius 2 is 2.06 bits per heavy atom. The third-order valence-electron chi connectivity index (χ3n) is 2.12. The van der Waals surface area contributed by atoms with E-state index in [0.717, 1.165) is 22.2 Å². The number of nitrogens with one attached hydrogen (secondary N) is 2. The van der Waals surface area contributed by atoms with Gasteiger partial charge in [0.1, 0.15) is 0 Å². The Morgan fingerprint density at radius 3 is 2.72 bits per heavy atom. The van der Waals surface area contributed by atoms with Gasteiger partial charge < -0.3 is 10.6 Å². The molecule has 3 nitrogen and oxygen atoms in total. The van der Waals surface area contributed by atoms with Crippen LogP contribution in [0.25, 0.3) is 0 Å². The SMILES string of the molecule is CNCCNC(=O)CCSc1ccccc1Cl.Cl. The highest BCUT2D eigenvalue weighted by Gasteiger charge is 2.03. The molecule has 0 spiro atoms. The molecule has 0 aliphatic rings. The molecule has 0 aliphatic carbocycles. The molecule has 0 unspecified atom stereocenters. The molecule has 0 fully saturated rings. The van der Waals surface area contributed by atoms with Crippen molar-refractivity contribution in [3.05, 3.63) is 29.3 Å². The number of hydrogen-bond acceptors (Lipinski definition) is 3. The lowest BCUT2D eigenvalue weighted by molar-refractivity contribution is -0.120. The second kappa shape index (κ2) is 10.5. The predicted octanol–water partition coefficient (Wildman–Crippen LogP) is 2.58. The van der Waals surface area contributed by atoms with Crippen LogP contribution in [0, 0.1) is 0 Å². The lowest BCUT2D eigenvalue weighted by atomic mass is 10.4. The third kappa shape index (κ3) is 7.11. The van der Waals surface area contributed by atoms with Crippen LogP contribution < -0.4 is 10.6 Å². The number of amides is 1. The van der Waals surface area contributed by atoms with Crippen LogP contribution in [-0.4, -0.2) is 31.8 Å². The van der Waals surface area contributed by atoms with Gasteiger partial charge in [-0.05, 0) is 19.2 Å². The minimum Gasteiger partial charge on any atom is -0.355 e. The molecule has 102 valence electrons. The molecule has 0 saturated heterocycles. The van der Waals surface area contributed by atoms with Gasteiger partial charge in [-0.25, -0.2) is 0 Å². The molecule has 0 bridgehead atoms. The van der Waals surface area contributed by atoms with Crippen molar-refractivity contribution in [2.24, 2.45) is 0 Å². The average Bonchev–Trinajstić information content (AvgIpc) is 2.32. The molecule has 2 N–H and O–H groups in total. The molecule has 6 heteroatoms. The Hall–Kier alpha value is -0.420. The first kappa shape index (κ1) is 17.6. The number of likely N-dealkylation sites (N-methyl/N-ethyl adjacent to an activating group) is 1. The molecule has 0 heterocycles. The number of carbonyl (C=O) groups is 1. The van der Waals surface area contributed by atoms with E-state index >= 15 is 0 Å². The highest BCUT2D eigenvalue weighted by molar-refractivity contribution is 7.99. The monoisotopic (exact) mass is 308 g/mol. The topological polar surface area (TPSA) is 41.1 Å². The van der Waals surface area contributed by atoms with Gasteiger partial charge in [0.05, 0.1) is 5.02 Å².